The first-order valence-corrected chi connectivity index (χ1v) is 8.69. The zero-order valence-corrected chi connectivity index (χ0v) is 14.9. The van der Waals surface area contributed by atoms with E-state index in [-0.39, 0.29) is 17.1 Å². The Labute approximate surface area is 162 Å². The molecule has 8 nitrogen and oxygen atoms in total. The van der Waals surface area contributed by atoms with Crippen LogP contribution in [0, 0.1) is 0 Å². The Morgan fingerprint density at radius 2 is 1.93 bits per heavy atom. The van der Waals surface area contributed by atoms with Gasteiger partial charge in [-0.1, -0.05) is 11.3 Å². The van der Waals surface area contributed by atoms with Gasteiger partial charge >= 0.3 is 18.2 Å². The number of imidazole rings is 1. The summed E-state index contributed by atoms with van der Waals surface area (Å²) < 4.78 is 64.1. The number of aliphatic hydroxyl groups excluding tert-OH is 1. The van der Waals surface area contributed by atoms with Crippen molar-refractivity contribution in [2.75, 3.05) is 0 Å². The smallest absolute Gasteiger partial charge is 0.421 e. The fraction of sp³-hybridized carbons (Fsp3) is 0.188. The number of ether oxygens (including phenoxy) is 2. The Kier molecular flexibility index (Phi) is 4.42. The van der Waals surface area contributed by atoms with E-state index < -0.39 is 29.7 Å². The molecular formula is C16H10F4N4O4S. The van der Waals surface area contributed by atoms with E-state index in [9.17, 15) is 27.5 Å². The van der Waals surface area contributed by atoms with Gasteiger partial charge in [0.2, 0.25) is 0 Å². The summed E-state index contributed by atoms with van der Waals surface area (Å²) in [5.74, 6) is -1.19. The van der Waals surface area contributed by atoms with Crippen LogP contribution in [-0.4, -0.2) is 37.5 Å². The van der Waals surface area contributed by atoms with Gasteiger partial charge in [-0.25, -0.2) is 9.78 Å². The van der Waals surface area contributed by atoms with Gasteiger partial charge in [0.25, 0.3) is 0 Å². The summed E-state index contributed by atoms with van der Waals surface area (Å²) in [5.41, 5.74) is 0.168. The van der Waals surface area contributed by atoms with Gasteiger partial charge in [0.15, 0.2) is 16.3 Å². The van der Waals surface area contributed by atoms with Crippen molar-refractivity contribution in [2.45, 2.75) is 18.8 Å². The quantitative estimate of drug-likeness (QED) is 0.632. The number of hydrogen-bond acceptors (Lipinski definition) is 6. The lowest BCUT2D eigenvalue weighted by atomic mass is 10.2. The first kappa shape index (κ1) is 19.1. The zero-order valence-electron chi connectivity index (χ0n) is 14.1. The third-order valence-corrected chi connectivity index (χ3v) is 4.76. The molecule has 0 unspecified atom stereocenters. The van der Waals surface area contributed by atoms with Crippen LogP contribution < -0.4 is 14.3 Å². The lowest BCUT2D eigenvalue weighted by molar-refractivity contribution is -0.391. The van der Waals surface area contributed by atoms with Gasteiger partial charge < -0.3 is 14.6 Å². The van der Waals surface area contributed by atoms with Crippen molar-refractivity contribution in [1.29, 1.82) is 0 Å². The topological polar surface area (TPSA) is 90.9 Å². The number of benzene rings is 1. The van der Waals surface area contributed by atoms with E-state index in [2.05, 4.69) is 19.5 Å². The molecule has 0 aliphatic carbocycles. The Morgan fingerprint density at radius 3 is 2.59 bits per heavy atom. The van der Waals surface area contributed by atoms with Crippen LogP contribution in [0.3, 0.4) is 0 Å². The van der Waals surface area contributed by atoms with Crippen molar-refractivity contribution in [1.82, 2.24) is 14.1 Å². The molecule has 0 atom stereocenters. The van der Waals surface area contributed by atoms with E-state index in [0.717, 1.165) is 28.0 Å². The van der Waals surface area contributed by atoms with Crippen LogP contribution in [-0.2, 0) is 6.61 Å². The van der Waals surface area contributed by atoms with Gasteiger partial charge in [0.05, 0.1) is 17.2 Å². The number of aromatic nitrogens is 3. The molecule has 1 aliphatic rings. The molecule has 0 fully saturated rings. The van der Waals surface area contributed by atoms with Crippen LogP contribution in [0.2, 0.25) is 0 Å². The lowest BCUT2D eigenvalue weighted by Gasteiger charge is -2.31. The highest BCUT2D eigenvalue weighted by Gasteiger charge is 2.65. The summed E-state index contributed by atoms with van der Waals surface area (Å²) in [5, 5.41) is 9.39. The largest absolute Gasteiger partial charge is 0.507 e. The number of alkyl halides is 4. The number of carbonyl (C=O) groups is 1. The molecule has 13 heteroatoms. The van der Waals surface area contributed by atoms with Crippen LogP contribution in [0.5, 0.6) is 11.5 Å². The molecule has 1 aliphatic heterocycles. The number of nitrogens with zero attached hydrogens (tertiary/aromatic N) is 4. The maximum absolute atomic E-state index is 13.5. The van der Waals surface area contributed by atoms with Crippen LogP contribution in [0.1, 0.15) is 4.88 Å². The van der Waals surface area contributed by atoms with Gasteiger partial charge in [-0.05, 0) is 12.1 Å². The molecule has 2 aromatic heterocycles. The van der Waals surface area contributed by atoms with E-state index in [4.69, 9.17) is 0 Å². The molecule has 0 bridgehead atoms. The number of thiazole rings is 1. The van der Waals surface area contributed by atoms with Crippen LogP contribution >= 0.6 is 11.3 Å². The highest BCUT2D eigenvalue weighted by atomic mass is 32.1. The minimum Gasteiger partial charge on any atom is -0.421 e. The summed E-state index contributed by atoms with van der Waals surface area (Å²) in [6.45, 7) is -0.367. The minimum atomic E-state index is -4.86. The molecule has 0 saturated carbocycles. The molecule has 29 heavy (non-hydrogen) atoms. The molecule has 152 valence electrons. The molecule has 0 radical (unpaired) electrons. The number of carbonyl (C=O) groups excluding carboxylic acids is 1. The zero-order chi connectivity index (χ0) is 20.8. The fourth-order valence-corrected chi connectivity index (χ4v) is 3.28. The standard InChI is InChI=1S/C16H10F4N4O4S/c17-15(18)16(19,20)28-12-5-9(1-2-11(12)27-15)24-6-10(7-25)29-14(24)22-13(26)23-4-3-21-8-23/h1-6,8,25H,7H2/b22-14-. The van der Waals surface area contributed by atoms with E-state index >= 15 is 0 Å². The third-order valence-electron chi connectivity index (χ3n) is 3.79. The summed E-state index contributed by atoms with van der Waals surface area (Å²) in [7, 11) is 0. The predicted molar refractivity (Wildman–Crippen MR) is 89.3 cm³/mol. The van der Waals surface area contributed by atoms with Gasteiger partial charge in [-0.2, -0.15) is 22.6 Å². The Bertz CT molecular complexity index is 1140. The lowest BCUT2D eigenvalue weighted by Crippen LogP contribution is -2.52. The second kappa shape index (κ2) is 6.70. The molecule has 1 amide bonds. The highest BCUT2D eigenvalue weighted by Crippen LogP contribution is 2.47. The van der Waals surface area contributed by atoms with Gasteiger partial charge in [-0.15, -0.1) is 0 Å². The minimum absolute atomic E-state index is 0.0986. The molecule has 3 aromatic rings. The van der Waals surface area contributed by atoms with E-state index in [0.29, 0.717) is 4.88 Å². The van der Waals surface area contributed by atoms with E-state index in [1.54, 1.807) is 0 Å². The number of amides is 1. The van der Waals surface area contributed by atoms with Crippen LogP contribution in [0.4, 0.5) is 22.4 Å². The highest BCUT2D eigenvalue weighted by molar-refractivity contribution is 7.09. The predicted octanol–water partition coefficient (Wildman–Crippen LogP) is 2.75. The number of halogens is 4. The van der Waals surface area contributed by atoms with Crippen molar-refractivity contribution < 1.29 is 36.9 Å². The van der Waals surface area contributed by atoms with E-state index in [1.165, 1.54) is 35.6 Å². The van der Waals surface area contributed by atoms with Crippen molar-refractivity contribution in [3.05, 3.63) is 52.8 Å². The SMILES string of the molecule is O=C(/N=c1\sc(CO)cn1-c1ccc2c(c1)OC(F)(F)C(F)(F)O2)n1ccnc1. The monoisotopic (exact) mass is 430 g/mol. The average molecular weight is 430 g/mol. The maximum atomic E-state index is 13.5. The van der Waals surface area contributed by atoms with Gasteiger partial charge in [0.1, 0.15) is 6.33 Å². The van der Waals surface area contributed by atoms with Crippen molar-refractivity contribution >= 4 is 17.4 Å². The second-order valence-corrected chi connectivity index (χ2v) is 6.83. The fourth-order valence-electron chi connectivity index (χ4n) is 2.44. The number of fused-ring (bicyclic) bond motifs is 1. The summed E-state index contributed by atoms with van der Waals surface area (Å²) >= 11 is 0.968. The molecule has 1 N–H and O–H groups in total. The summed E-state index contributed by atoms with van der Waals surface area (Å²) in [6, 6.07) is 2.66. The molecular weight excluding hydrogens is 420 g/mol. The van der Waals surface area contributed by atoms with Crippen LogP contribution in [0.15, 0.2) is 48.1 Å². The molecule has 0 saturated heterocycles. The van der Waals surface area contributed by atoms with Gasteiger partial charge in [-0.3, -0.25) is 9.13 Å². The maximum Gasteiger partial charge on any atom is 0.507 e. The molecule has 0 spiro atoms. The van der Waals surface area contributed by atoms with Crippen LogP contribution in [0.25, 0.3) is 5.69 Å². The van der Waals surface area contributed by atoms with E-state index in [1.807, 2.05) is 0 Å². The molecule has 3 heterocycles. The normalized spacial score (nSPS) is 17.3. The Morgan fingerprint density at radius 1 is 1.21 bits per heavy atom. The average Bonchev–Trinajstić information content (AvgIpc) is 3.31. The Hall–Kier alpha value is -3.19. The number of rotatable bonds is 2. The summed E-state index contributed by atoms with van der Waals surface area (Å²) in [4.78, 5) is 20.4. The number of hydrogen-bond donors (Lipinski definition) is 1. The third kappa shape index (κ3) is 3.38. The van der Waals surface area contributed by atoms with Gasteiger partial charge in [0, 0.05) is 24.7 Å². The summed E-state index contributed by atoms with van der Waals surface area (Å²) in [6.07, 6.45) is -4.27. The number of aliphatic hydroxyl groups is 1. The molecule has 1 aromatic carbocycles. The molecule has 4 rings (SSSR count). The Balaban J connectivity index is 1.79. The van der Waals surface area contributed by atoms with Crippen molar-refractivity contribution in [3.63, 3.8) is 0 Å². The second-order valence-electron chi connectivity index (χ2n) is 5.74. The van der Waals surface area contributed by atoms with Crippen molar-refractivity contribution in [3.8, 4) is 17.2 Å². The first-order chi connectivity index (χ1) is 13.7. The first-order valence-electron chi connectivity index (χ1n) is 7.87. The van der Waals surface area contributed by atoms with Crippen molar-refractivity contribution in [2.24, 2.45) is 4.99 Å².